The molecule has 0 aliphatic heterocycles. The zero-order valence-electron chi connectivity index (χ0n) is 21.5. The minimum absolute atomic E-state index is 0.0117. The Balaban J connectivity index is 1.94. The van der Waals surface area contributed by atoms with Crippen molar-refractivity contribution >= 4 is 27.3 Å². The maximum atomic E-state index is 14.5. The summed E-state index contributed by atoms with van der Waals surface area (Å²) in [5.41, 5.74) is -0.421. The van der Waals surface area contributed by atoms with E-state index < -0.39 is 75.3 Å². The monoisotopic (exact) mass is 620 g/mol. The molecule has 0 aliphatic rings. The predicted octanol–water partition coefficient (Wildman–Crippen LogP) is 5.34. The molecule has 2 atom stereocenters. The second-order valence-electron chi connectivity index (χ2n) is 9.11. The number of rotatable bonds is 12. The second kappa shape index (κ2) is 13.6. The molecule has 6 nitrogen and oxygen atoms in total. The molecule has 1 aromatic heterocycles. The molecule has 0 bridgehead atoms. The molecule has 14 heteroatoms. The van der Waals surface area contributed by atoms with Crippen molar-refractivity contribution in [2.75, 3.05) is 6.54 Å². The van der Waals surface area contributed by atoms with Crippen LogP contribution in [0.25, 0.3) is 0 Å². The van der Waals surface area contributed by atoms with Gasteiger partial charge in [0, 0.05) is 35.7 Å². The van der Waals surface area contributed by atoms with Crippen molar-refractivity contribution < 1.29 is 44.7 Å². The zero-order chi connectivity index (χ0) is 30.4. The van der Waals surface area contributed by atoms with Crippen LogP contribution in [0.3, 0.4) is 0 Å². The van der Waals surface area contributed by atoms with Crippen molar-refractivity contribution in [2.24, 2.45) is 0 Å². The number of halogens is 6. The van der Waals surface area contributed by atoms with Gasteiger partial charge in [0.05, 0.1) is 12.1 Å². The number of thiophene rings is 1. The molecular weight excluding hydrogens is 594 g/mol. The lowest BCUT2D eigenvalue weighted by molar-refractivity contribution is -0.119. The van der Waals surface area contributed by atoms with Crippen LogP contribution in [0.1, 0.15) is 23.8 Å². The topological polar surface area (TPSA) is 86.7 Å². The van der Waals surface area contributed by atoms with Crippen LogP contribution in [-0.4, -0.2) is 48.6 Å². The standard InChI is InChI=1S/C27H26F6N2O4S2/c1-17(27(31,32)33)12-26(37)34-23(10-9-18-6-3-2-4-7-18)24(36)16-35(15-19-8-5-11-40-19)41(38,39)25-14-21(29)20(28)13-22(25)30/h2-8,11-14,23-24,36H,9-10,15-16H2,1H3,(H,34,37)/b17-12-/t23-,24+/m0/s1. The molecule has 41 heavy (non-hydrogen) atoms. The van der Waals surface area contributed by atoms with Gasteiger partial charge >= 0.3 is 6.18 Å². The van der Waals surface area contributed by atoms with Gasteiger partial charge in [0.2, 0.25) is 15.9 Å². The smallest absolute Gasteiger partial charge is 0.390 e. The molecule has 222 valence electrons. The van der Waals surface area contributed by atoms with Crippen LogP contribution in [0.5, 0.6) is 0 Å². The molecular formula is C27H26F6N2O4S2. The molecule has 3 rings (SSSR count). The molecule has 0 radical (unpaired) electrons. The summed E-state index contributed by atoms with van der Waals surface area (Å²) in [5, 5.41) is 15.1. The van der Waals surface area contributed by atoms with E-state index in [0.717, 1.165) is 16.9 Å². The number of hydrogen-bond acceptors (Lipinski definition) is 5. The largest absolute Gasteiger partial charge is 0.412 e. The summed E-state index contributed by atoms with van der Waals surface area (Å²) >= 11 is 1.14. The fourth-order valence-corrected chi connectivity index (χ4v) is 6.13. The Morgan fingerprint density at radius 1 is 1.05 bits per heavy atom. The molecule has 0 aliphatic carbocycles. The molecule has 0 saturated carbocycles. The van der Waals surface area contributed by atoms with Gasteiger partial charge in [-0.15, -0.1) is 11.3 Å². The van der Waals surface area contributed by atoms with Crippen molar-refractivity contribution in [2.45, 2.75) is 49.5 Å². The number of carbonyl (C=O) groups is 1. The summed E-state index contributed by atoms with van der Waals surface area (Å²) < 4.78 is 108. The highest BCUT2D eigenvalue weighted by molar-refractivity contribution is 7.89. The molecule has 0 spiro atoms. The number of amides is 1. The first-order valence-electron chi connectivity index (χ1n) is 12.1. The fraction of sp³-hybridized carbons (Fsp3) is 0.296. The highest BCUT2D eigenvalue weighted by atomic mass is 32.2. The van der Waals surface area contributed by atoms with E-state index in [9.17, 15) is 44.7 Å². The summed E-state index contributed by atoms with van der Waals surface area (Å²) in [6.07, 6.45) is -5.91. The summed E-state index contributed by atoms with van der Waals surface area (Å²) in [4.78, 5) is 11.7. The van der Waals surface area contributed by atoms with E-state index in [1.165, 1.54) is 0 Å². The molecule has 1 heterocycles. The maximum Gasteiger partial charge on any atom is 0.412 e. The molecule has 0 unspecified atom stereocenters. The number of nitrogens with one attached hydrogen (secondary N) is 1. The number of hydrogen-bond donors (Lipinski definition) is 2. The third kappa shape index (κ3) is 8.89. The van der Waals surface area contributed by atoms with E-state index in [0.29, 0.717) is 22.2 Å². The quantitative estimate of drug-likeness (QED) is 0.163. The number of nitrogens with zero attached hydrogens (tertiary/aromatic N) is 1. The summed E-state index contributed by atoms with van der Waals surface area (Å²) in [7, 11) is -4.88. The lowest BCUT2D eigenvalue weighted by Crippen LogP contribution is -2.49. The van der Waals surface area contributed by atoms with Gasteiger partial charge in [-0.3, -0.25) is 4.79 Å². The first-order valence-corrected chi connectivity index (χ1v) is 14.5. The van der Waals surface area contributed by atoms with Gasteiger partial charge in [-0.05, 0) is 42.8 Å². The Kier molecular flexibility index (Phi) is 10.8. The van der Waals surface area contributed by atoms with Crippen LogP contribution < -0.4 is 5.32 Å². The van der Waals surface area contributed by atoms with Crippen molar-refractivity contribution in [3.05, 3.63) is 99.5 Å². The highest BCUT2D eigenvalue weighted by Crippen LogP contribution is 2.27. The van der Waals surface area contributed by atoms with Crippen molar-refractivity contribution in [1.29, 1.82) is 0 Å². The van der Waals surface area contributed by atoms with Gasteiger partial charge in [-0.1, -0.05) is 36.4 Å². The Morgan fingerprint density at radius 2 is 1.71 bits per heavy atom. The lowest BCUT2D eigenvalue weighted by atomic mass is 10.0. The van der Waals surface area contributed by atoms with Crippen molar-refractivity contribution in [3.63, 3.8) is 0 Å². The zero-order valence-corrected chi connectivity index (χ0v) is 23.2. The van der Waals surface area contributed by atoms with Crippen LogP contribution in [-0.2, 0) is 27.8 Å². The van der Waals surface area contributed by atoms with E-state index in [4.69, 9.17) is 0 Å². The number of aryl methyl sites for hydroxylation is 1. The number of benzene rings is 2. The molecule has 2 aromatic carbocycles. The lowest BCUT2D eigenvalue weighted by Gasteiger charge is -2.29. The molecule has 2 N–H and O–H groups in total. The molecule has 0 saturated heterocycles. The summed E-state index contributed by atoms with van der Waals surface area (Å²) in [6, 6.07) is 10.9. The van der Waals surface area contributed by atoms with Crippen molar-refractivity contribution in [3.8, 4) is 0 Å². The van der Waals surface area contributed by atoms with Gasteiger partial charge in [0.1, 0.15) is 10.7 Å². The predicted molar refractivity (Wildman–Crippen MR) is 141 cm³/mol. The normalized spacial score (nSPS) is 14.2. The van der Waals surface area contributed by atoms with E-state index >= 15 is 0 Å². The van der Waals surface area contributed by atoms with Crippen molar-refractivity contribution in [1.82, 2.24) is 9.62 Å². The van der Waals surface area contributed by atoms with E-state index in [1.54, 1.807) is 47.8 Å². The van der Waals surface area contributed by atoms with Crippen LogP contribution in [0.4, 0.5) is 26.3 Å². The summed E-state index contributed by atoms with van der Waals surface area (Å²) in [6.45, 7) is -0.469. The Labute approximate surface area is 237 Å². The Morgan fingerprint density at radius 3 is 2.32 bits per heavy atom. The third-order valence-corrected chi connectivity index (χ3v) is 8.76. The maximum absolute atomic E-state index is 14.5. The van der Waals surface area contributed by atoms with Gasteiger partial charge in [0.25, 0.3) is 0 Å². The number of carbonyl (C=O) groups excluding carboxylic acids is 1. The van der Waals surface area contributed by atoms with Gasteiger partial charge in [0.15, 0.2) is 11.6 Å². The summed E-state index contributed by atoms with van der Waals surface area (Å²) in [5.74, 6) is -5.94. The number of sulfonamides is 1. The Hall–Kier alpha value is -3.20. The van der Waals surface area contributed by atoms with E-state index in [-0.39, 0.29) is 25.0 Å². The second-order valence-corrected chi connectivity index (χ2v) is 12.0. The minimum atomic E-state index is -4.88. The van der Waals surface area contributed by atoms with Crippen LogP contribution in [0.15, 0.2) is 76.5 Å². The first kappa shape index (κ1) is 32.3. The van der Waals surface area contributed by atoms with Gasteiger partial charge in [-0.2, -0.15) is 17.5 Å². The highest BCUT2D eigenvalue weighted by Gasteiger charge is 2.34. The molecule has 0 fully saturated rings. The Bertz CT molecular complexity index is 1460. The number of aliphatic hydroxyl groups is 1. The SMILES string of the molecule is C/C(=C/C(=O)N[C@@H](CCc1ccccc1)[C@H](O)CN(Cc1cccs1)S(=O)(=O)c1cc(F)c(F)cc1F)C(F)(F)F. The van der Waals surface area contributed by atoms with Gasteiger partial charge in [-0.25, -0.2) is 21.6 Å². The number of alkyl halides is 3. The number of aliphatic hydroxyl groups excluding tert-OH is 1. The molecule has 1 amide bonds. The third-order valence-electron chi connectivity index (χ3n) is 6.07. The van der Waals surface area contributed by atoms with E-state index in [1.807, 2.05) is 0 Å². The van der Waals surface area contributed by atoms with Crippen LogP contribution in [0, 0.1) is 17.5 Å². The minimum Gasteiger partial charge on any atom is -0.390 e. The average Bonchev–Trinajstić information content (AvgIpc) is 3.41. The first-order chi connectivity index (χ1) is 19.2. The molecule has 3 aromatic rings. The van der Waals surface area contributed by atoms with Gasteiger partial charge < -0.3 is 10.4 Å². The van der Waals surface area contributed by atoms with E-state index in [2.05, 4.69) is 5.32 Å². The van der Waals surface area contributed by atoms with Crippen LogP contribution in [0.2, 0.25) is 0 Å². The van der Waals surface area contributed by atoms with Crippen LogP contribution >= 0.6 is 11.3 Å². The average molecular weight is 621 g/mol. The number of allylic oxidation sites excluding steroid dienone is 1. The fourth-order valence-electron chi connectivity index (χ4n) is 3.83.